The van der Waals surface area contributed by atoms with Crippen LogP contribution in [0.5, 0.6) is 0 Å². The van der Waals surface area contributed by atoms with Crippen LogP contribution in [0.25, 0.3) is 0 Å². The van der Waals surface area contributed by atoms with E-state index in [2.05, 4.69) is 22.8 Å². The van der Waals surface area contributed by atoms with Gasteiger partial charge in [-0.2, -0.15) is 5.26 Å². The lowest BCUT2D eigenvalue weighted by Crippen LogP contribution is -2.38. The second kappa shape index (κ2) is 8.42. The number of thioether (sulfide) groups is 1. The van der Waals surface area contributed by atoms with E-state index in [1.165, 1.54) is 29.2 Å². The molecule has 1 aliphatic carbocycles. The van der Waals surface area contributed by atoms with Crippen LogP contribution in [-0.4, -0.2) is 21.7 Å². The van der Waals surface area contributed by atoms with Crippen molar-refractivity contribution >= 4 is 34.0 Å². The molecule has 0 spiro atoms. The van der Waals surface area contributed by atoms with E-state index in [-0.39, 0.29) is 22.7 Å². The quantitative estimate of drug-likeness (QED) is 0.549. The molecule has 1 aliphatic heterocycles. The van der Waals surface area contributed by atoms with Crippen molar-refractivity contribution < 1.29 is 9.18 Å². The minimum Gasteiger partial charge on any atom is -0.384 e. The van der Waals surface area contributed by atoms with Crippen LogP contribution in [0.2, 0.25) is 0 Å². The first-order valence-corrected chi connectivity index (χ1v) is 11.1. The maximum Gasteiger partial charge on any atom is 0.219 e. The molecule has 30 heavy (non-hydrogen) atoms. The Morgan fingerprint density at radius 2 is 2.20 bits per heavy atom. The van der Waals surface area contributed by atoms with E-state index in [4.69, 9.17) is 5.73 Å². The summed E-state index contributed by atoms with van der Waals surface area (Å²) >= 11 is 2.82. The zero-order chi connectivity index (χ0) is 21.3. The van der Waals surface area contributed by atoms with Crippen molar-refractivity contribution in [3.8, 4) is 6.07 Å². The standard InChI is InChI=1S/C21H18FN5OS2/c1-2-10-29-21-26-25-20(30-21)27-15-8-5-9-16(28)18(15)17(13(11-23)19(27)24)12-6-3-4-7-14(12)22/h2-4,6-7,17H,1,5,8-10,24H2. The number of Topliss-reactive ketones (excluding diaryl/α,β-unsaturated/α-hetero) is 1. The number of hydrogen-bond acceptors (Lipinski definition) is 8. The number of nitrogens with zero attached hydrogens (tertiary/aromatic N) is 4. The van der Waals surface area contributed by atoms with Gasteiger partial charge in [0.15, 0.2) is 10.1 Å². The van der Waals surface area contributed by atoms with E-state index >= 15 is 0 Å². The van der Waals surface area contributed by atoms with Gasteiger partial charge in [-0.3, -0.25) is 9.69 Å². The molecule has 1 aromatic heterocycles. The summed E-state index contributed by atoms with van der Waals surface area (Å²) in [4.78, 5) is 14.6. The van der Waals surface area contributed by atoms with E-state index in [9.17, 15) is 14.4 Å². The van der Waals surface area contributed by atoms with Crippen LogP contribution in [0.3, 0.4) is 0 Å². The third-order valence-corrected chi connectivity index (χ3v) is 7.08. The Kier molecular flexibility index (Phi) is 5.70. The van der Waals surface area contributed by atoms with Crippen molar-refractivity contribution in [3.63, 3.8) is 0 Å². The number of nitriles is 1. The van der Waals surface area contributed by atoms with Crippen molar-refractivity contribution in [3.05, 3.63) is 71.0 Å². The van der Waals surface area contributed by atoms with Gasteiger partial charge in [0, 0.05) is 29.0 Å². The van der Waals surface area contributed by atoms with E-state index < -0.39 is 11.7 Å². The number of anilines is 1. The Labute approximate surface area is 181 Å². The fourth-order valence-electron chi connectivity index (χ4n) is 3.81. The lowest BCUT2D eigenvalue weighted by Gasteiger charge is -2.38. The van der Waals surface area contributed by atoms with E-state index in [0.717, 1.165) is 4.34 Å². The number of benzene rings is 1. The van der Waals surface area contributed by atoms with Crippen LogP contribution in [0, 0.1) is 17.1 Å². The van der Waals surface area contributed by atoms with Crippen molar-refractivity contribution in [1.82, 2.24) is 10.2 Å². The molecular weight excluding hydrogens is 421 g/mol. The SMILES string of the molecule is C=CCSc1nnc(N2C(N)=C(C#N)C(c3ccccc3F)C3=C2CCCC3=O)s1. The summed E-state index contributed by atoms with van der Waals surface area (Å²) < 4.78 is 15.4. The van der Waals surface area contributed by atoms with Crippen LogP contribution < -0.4 is 10.6 Å². The molecular formula is C21H18FN5OS2. The highest BCUT2D eigenvalue weighted by Crippen LogP contribution is 2.47. The molecule has 2 aromatic rings. The van der Waals surface area contributed by atoms with Crippen molar-refractivity contribution in [1.29, 1.82) is 5.26 Å². The Morgan fingerprint density at radius 3 is 2.93 bits per heavy atom. The van der Waals surface area contributed by atoms with Crippen LogP contribution in [0.15, 0.2) is 63.9 Å². The largest absolute Gasteiger partial charge is 0.384 e. The average Bonchev–Trinajstić information content (AvgIpc) is 3.20. The van der Waals surface area contributed by atoms with Gasteiger partial charge in [-0.25, -0.2) is 4.39 Å². The van der Waals surface area contributed by atoms with Crippen LogP contribution in [-0.2, 0) is 4.79 Å². The first-order chi connectivity index (χ1) is 14.6. The fourth-order valence-corrected chi connectivity index (χ4v) is 5.45. The van der Waals surface area contributed by atoms with Crippen LogP contribution in [0.1, 0.15) is 30.7 Å². The van der Waals surface area contributed by atoms with E-state index in [1.54, 1.807) is 29.2 Å². The smallest absolute Gasteiger partial charge is 0.219 e. The molecule has 2 heterocycles. The summed E-state index contributed by atoms with van der Waals surface area (Å²) in [5.74, 6) is -0.541. The molecule has 6 nitrogen and oxygen atoms in total. The zero-order valence-electron chi connectivity index (χ0n) is 16.0. The second-order valence-electron chi connectivity index (χ2n) is 6.79. The number of halogens is 1. The Balaban J connectivity index is 1.89. The summed E-state index contributed by atoms with van der Waals surface area (Å²) in [5, 5.41) is 18.8. The number of ketones is 1. The second-order valence-corrected chi connectivity index (χ2v) is 9.01. The molecule has 152 valence electrons. The molecule has 0 bridgehead atoms. The minimum atomic E-state index is -0.821. The van der Waals surface area contributed by atoms with Gasteiger partial charge in [0.2, 0.25) is 5.13 Å². The van der Waals surface area contributed by atoms with Crippen molar-refractivity contribution in [2.24, 2.45) is 5.73 Å². The summed E-state index contributed by atoms with van der Waals surface area (Å²) in [5.41, 5.74) is 7.95. The normalized spacial score (nSPS) is 19.0. The van der Waals surface area contributed by atoms with Gasteiger partial charge in [-0.1, -0.05) is 47.4 Å². The first-order valence-electron chi connectivity index (χ1n) is 9.34. The molecule has 9 heteroatoms. The van der Waals surface area contributed by atoms with Gasteiger partial charge in [-0.15, -0.1) is 16.8 Å². The van der Waals surface area contributed by atoms with Gasteiger partial charge in [0.05, 0.1) is 17.6 Å². The summed E-state index contributed by atoms with van der Waals surface area (Å²) in [6.07, 6.45) is 3.37. The zero-order valence-corrected chi connectivity index (χ0v) is 17.6. The maximum absolute atomic E-state index is 14.7. The molecule has 0 fully saturated rings. The molecule has 1 atom stereocenters. The van der Waals surface area contributed by atoms with Gasteiger partial charge < -0.3 is 5.73 Å². The first kappa shape index (κ1) is 20.3. The Bertz CT molecular complexity index is 1130. The number of hydrogen-bond donors (Lipinski definition) is 1. The predicted molar refractivity (Wildman–Crippen MR) is 115 cm³/mol. The van der Waals surface area contributed by atoms with E-state index in [0.29, 0.717) is 41.4 Å². The minimum absolute atomic E-state index is 0.0967. The number of rotatable bonds is 5. The lowest BCUT2D eigenvalue weighted by atomic mass is 9.75. The molecule has 0 saturated carbocycles. The fraction of sp³-hybridized carbons (Fsp3) is 0.238. The predicted octanol–water partition coefficient (Wildman–Crippen LogP) is 4.26. The van der Waals surface area contributed by atoms with E-state index in [1.807, 2.05) is 0 Å². The van der Waals surface area contributed by atoms with Crippen molar-refractivity contribution in [2.45, 2.75) is 29.5 Å². The molecule has 4 rings (SSSR count). The molecule has 0 saturated heterocycles. The van der Waals surface area contributed by atoms with Gasteiger partial charge in [0.1, 0.15) is 11.6 Å². The number of nitrogens with two attached hydrogens (primary N) is 1. The number of carbonyl (C=O) groups is 1. The van der Waals surface area contributed by atoms with Crippen LogP contribution >= 0.6 is 23.1 Å². The number of allylic oxidation sites excluding steroid dienone is 3. The Hall–Kier alpha value is -2.96. The summed E-state index contributed by atoms with van der Waals surface area (Å²) in [6, 6.07) is 8.32. The monoisotopic (exact) mass is 439 g/mol. The van der Waals surface area contributed by atoms with Gasteiger partial charge in [0.25, 0.3) is 0 Å². The van der Waals surface area contributed by atoms with Gasteiger partial charge >= 0.3 is 0 Å². The highest BCUT2D eigenvalue weighted by molar-refractivity contribution is 8.01. The molecule has 2 aliphatic rings. The topological polar surface area (TPSA) is 95.9 Å². The lowest BCUT2D eigenvalue weighted by molar-refractivity contribution is -0.116. The van der Waals surface area contributed by atoms with Crippen LogP contribution in [0.4, 0.5) is 9.52 Å². The molecule has 0 amide bonds. The number of carbonyl (C=O) groups excluding carboxylic acids is 1. The molecule has 2 N–H and O–H groups in total. The van der Waals surface area contributed by atoms with Gasteiger partial charge in [-0.05, 0) is 18.9 Å². The highest BCUT2D eigenvalue weighted by Gasteiger charge is 2.42. The summed E-state index contributed by atoms with van der Waals surface area (Å²) in [7, 11) is 0. The number of aromatic nitrogens is 2. The maximum atomic E-state index is 14.7. The molecule has 1 unspecified atom stereocenters. The summed E-state index contributed by atoms with van der Waals surface area (Å²) in [6.45, 7) is 3.70. The third-order valence-electron chi connectivity index (χ3n) is 5.04. The molecule has 1 aromatic carbocycles. The molecule has 0 radical (unpaired) electrons. The van der Waals surface area contributed by atoms with Crippen molar-refractivity contribution in [2.75, 3.05) is 10.7 Å². The Morgan fingerprint density at radius 1 is 1.40 bits per heavy atom. The highest BCUT2D eigenvalue weighted by atomic mass is 32.2. The third kappa shape index (κ3) is 3.42. The average molecular weight is 440 g/mol.